The van der Waals surface area contributed by atoms with Gasteiger partial charge in [0, 0.05) is 12.4 Å². The summed E-state index contributed by atoms with van der Waals surface area (Å²) in [6.07, 6.45) is 5.96. The van der Waals surface area contributed by atoms with Crippen LogP contribution in [0.2, 0.25) is 10.0 Å². The molecular formula is C16H9Cl2N5O2. The predicted molar refractivity (Wildman–Crippen MR) is 92.9 cm³/mol. The maximum Gasteiger partial charge on any atom is 0.262 e. The zero-order valence-corrected chi connectivity index (χ0v) is 14.0. The zero-order chi connectivity index (χ0) is 17.4. The van der Waals surface area contributed by atoms with E-state index in [1.54, 1.807) is 30.7 Å². The number of carbonyl (C=O) groups excluding carboxylic acids is 1. The maximum atomic E-state index is 12.6. The van der Waals surface area contributed by atoms with Crippen molar-refractivity contribution in [3.63, 3.8) is 0 Å². The molecule has 4 heterocycles. The van der Waals surface area contributed by atoms with Crippen LogP contribution in [0.4, 0.5) is 5.82 Å². The largest absolute Gasteiger partial charge is 0.463 e. The van der Waals surface area contributed by atoms with Crippen molar-refractivity contribution in [1.82, 2.24) is 19.6 Å². The van der Waals surface area contributed by atoms with Gasteiger partial charge in [0.15, 0.2) is 17.2 Å². The monoisotopic (exact) mass is 373 g/mol. The smallest absolute Gasteiger partial charge is 0.262 e. The van der Waals surface area contributed by atoms with Crippen molar-refractivity contribution in [2.45, 2.75) is 0 Å². The number of pyridine rings is 1. The van der Waals surface area contributed by atoms with Crippen LogP contribution in [0.5, 0.6) is 0 Å². The SMILES string of the molecule is O=C(Nc1ncc(Cl)cc1Cl)c1cnn2c(-c3ccco3)ccnc12. The first-order chi connectivity index (χ1) is 12.1. The minimum atomic E-state index is -0.434. The predicted octanol–water partition coefficient (Wildman–Crippen LogP) is 3.94. The lowest BCUT2D eigenvalue weighted by Gasteiger charge is -2.05. The fraction of sp³-hybridized carbons (Fsp3) is 0. The van der Waals surface area contributed by atoms with Gasteiger partial charge in [-0.15, -0.1) is 0 Å². The second-order valence-corrected chi connectivity index (χ2v) is 5.88. The summed E-state index contributed by atoms with van der Waals surface area (Å²) in [6.45, 7) is 0. The molecule has 4 aromatic rings. The third-order valence-corrected chi connectivity index (χ3v) is 3.95. The second kappa shape index (κ2) is 6.19. The van der Waals surface area contributed by atoms with Gasteiger partial charge in [0.05, 0.1) is 22.5 Å². The molecule has 1 N–H and O–H groups in total. The molecule has 0 saturated carbocycles. The quantitative estimate of drug-likeness (QED) is 0.587. The highest BCUT2D eigenvalue weighted by molar-refractivity contribution is 6.36. The summed E-state index contributed by atoms with van der Waals surface area (Å²) in [5.74, 6) is 0.387. The molecular weight excluding hydrogens is 365 g/mol. The van der Waals surface area contributed by atoms with Gasteiger partial charge in [0.2, 0.25) is 0 Å². The third-order valence-electron chi connectivity index (χ3n) is 3.46. The number of aromatic nitrogens is 4. The van der Waals surface area contributed by atoms with E-state index in [0.717, 1.165) is 0 Å². The van der Waals surface area contributed by atoms with E-state index in [1.165, 1.54) is 23.0 Å². The van der Waals surface area contributed by atoms with Crippen molar-refractivity contribution in [2.75, 3.05) is 5.32 Å². The number of nitrogens with zero attached hydrogens (tertiary/aromatic N) is 4. The van der Waals surface area contributed by atoms with Crippen LogP contribution in [0, 0.1) is 0 Å². The Morgan fingerprint density at radius 3 is 2.84 bits per heavy atom. The van der Waals surface area contributed by atoms with Gasteiger partial charge in [-0.05, 0) is 24.3 Å². The molecule has 0 spiro atoms. The summed E-state index contributed by atoms with van der Waals surface area (Å²) < 4.78 is 6.92. The molecule has 0 unspecified atom stereocenters. The van der Waals surface area contributed by atoms with Gasteiger partial charge >= 0.3 is 0 Å². The molecule has 0 fully saturated rings. The molecule has 0 aliphatic heterocycles. The first-order valence-electron chi connectivity index (χ1n) is 7.12. The Labute approximate surface area is 151 Å². The Bertz CT molecular complexity index is 1080. The first-order valence-corrected chi connectivity index (χ1v) is 7.88. The number of halogens is 2. The number of rotatable bonds is 3. The van der Waals surface area contributed by atoms with E-state index >= 15 is 0 Å². The summed E-state index contributed by atoms with van der Waals surface area (Å²) in [5, 5.41) is 7.48. The number of fused-ring (bicyclic) bond motifs is 1. The van der Waals surface area contributed by atoms with Gasteiger partial charge in [0.25, 0.3) is 5.91 Å². The van der Waals surface area contributed by atoms with E-state index in [1.807, 2.05) is 0 Å². The molecule has 0 aromatic carbocycles. The van der Waals surface area contributed by atoms with Gasteiger partial charge in [0.1, 0.15) is 11.3 Å². The first kappa shape index (κ1) is 15.6. The summed E-state index contributed by atoms with van der Waals surface area (Å²) in [7, 11) is 0. The molecule has 4 aromatic heterocycles. The van der Waals surface area contributed by atoms with Crippen LogP contribution in [0.3, 0.4) is 0 Å². The van der Waals surface area contributed by atoms with Crippen LogP contribution in [0.15, 0.2) is 53.5 Å². The highest BCUT2D eigenvalue weighted by Crippen LogP contribution is 2.24. The lowest BCUT2D eigenvalue weighted by Crippen LogP contribution is -2.13. The number of amides is 1. The van der Waals surface area contributed by atoms with Crippen molar-refractivity contribution in [3.05, 3.63) is 64.7 Å². The maximum absolute atomic E-state index is 12.6. The molecule has 9 heteroatoms. The van der Waals surface area contributed by atoms with Crippen molar-refractivity contribution in [1.29, 1.82) is 0 Å². The molecule has 0 aliphatic rings. The van der Waals surface area contributed by atoms with E-state index in [2.05, 4.69) is 20.4 Å². The Kier molecular flexibility index (Phi) is 3.87. The number of carbonyl (C=O) groups is 1. The third kappa shape index (κ3) is 2.84. The van der Waals surface area contributed by atoms with Crippen LogP contribution < -0.4 is 5.32 Å². The fourth-order valence-corrected chi connectivity index (χ4v) is 2.77. The van der Waals surface area contributed by atoms with Crippen LogP contribution in [0.1, 0.15) is 10.4 Å². The number of hydrogen-bond acceptors (Lipinski definition) is 5. The van der Waals surface area contributed by atoms with Crippen molar-refractivity contribution < 1.29 is 9.21 Å². The minimum Gasteiger partial charge on any atom is -0.463 e. The van der Waals surface area contributed by atoms with Crippen LogP contribution >= 0.6 is 23.2 Å². The zero-order valence-electron chi connectivity index (χ0n) is 12.5. The number of anilines is 1. The van der Waals surface area contributed by atoms with Crippen molar-refractivity contribution >= 4 is 40.6 Å². The van der Waals surface area contributed by atoms with Crippen LogP contribution in [0.25, 0.3) is 17.1 Å². The van der Waals surface area contributed by atoms with E-state index < -0.39 is 5.91 Å². The standard InChI is InChI=1S/C16H9Cl2N5O2/c17-9-6-11(18)14(20-7-9)22-16(24)10-8-21-23-12(3-4-19-15(10)23)13-2-1-5-25-13/h1-8H,(H,20,22,24). The Balaban J connectivity index is 1.72. The molecule has 124 valence electrons. The highest BCUT2D eigenvalue weighted by Gasteiger charge is 2.18. The van der Waals surface area contributed by atoms with Gasteiger partial charge in [-0.3, -0.25) is 4.79 Å². The summed E-state index contributed by atoms with van der Waals surface area (Å²) >= 11 is 11.8. The molecule has 25 heavy (non-hydrogen) atoms. The van der Waals surface area contributed by atoms with Crippen LogP contribution in [-0.4, -0.2) is 25.5 Å². The van der Waals surface area contributed by atoms with Crippen molar-refractivity contribution in [2.24, 2.45) is 0 Å². The molecule has 0 radical (unpaired) electrons. The average Bonchev–Trinajstić information content (AvgIpc) is 3.26. The van der Waals surface area contributed by atoms with Crippen LogP contribution in [-0.2, 0) is 0 Å². The lowest BCUT2D eigenvalue weighted by atomic mass is 10.3. The van der Waals surface area contributed by atoms with Gasteiger partial charge < -0.3 is 9.73 Å². The van der Waals surface area contributed by atoms with Gasteiger partial charge in [-0.1, -0.05) is 23.2 Å². The van der Waals surface area contributed by atoms with E-state index in [-0.39, 0.29) is 16.4 Å². The Hall–Kier alpha value is -2.90. The topological polar surface area (TPSA) is 85.3 Å². The molecule has 0 saturated heterocycles. The Morgan fingerprint density at radius 2 is 2.08 bits per heavy atom. The fourth-order valence-electron chi connectivity index (χ4n) is 2.34. The van der Waals surface area contributed by atoms with E-state index in [4.69, 9.17) is 27.6 Å². The molecule has 0 aliphatic carbocycles. The average molecular weight is 374 g/mol. The summed E-state index contributed by atoms with van der Waals surface area (Å²) in [5.41, 5.74) is 1.34. The second-order valence-electron chi connectivity index (χ2n) is 5.04. The van der Waals surface area contributed by atoms with Gasteiger partial charge in [-0.25, -0.2) is 14.5 Å². The molecule has 7 nitrogen and oxygen atoms in total. The summed E-state index contributed by atoms with van der Waals surface area (Å²) in [6, 6.07) is 6.81. The normalized spacial score (nSPS) is 11.0. The Morgan fingerprint density at radius 1 is 1.20 bits per heavy atom. The number of nitrogens with one attached hydrogen (secondary N) is 1. The summed E-state index contributed by atoms with van der Waals surface area (Å²) in [4.78, 5) is 20.8. The molecule has 1 amide bonds. The lowest BCUT2D eigenvalue weighted by molar-refractivity contribution is 0.102. The molecule has 4 rings (SSSR count). The number of furan rings is 1. The molecule has 0 bridgehead atoms. The van der Waals surface area contributed by atoms with E-state index in [9.17, 15) is 4.79 Å². The van der Waals surface area contributed by atoms with Gasteiger partial charge in [-0.2, -0.15) is 5.10 Å². The number of hydrogen-bond donors (Lipinski definition) is 1. The minimum absolute atomic E-state index is 0.206. The van der Waals surface area contributed by atoms with Crippen molar-refractivity contribution in [3.8, 4) is 11.5 Å². The highest BCUT2D eigenvalue weighted by atomic mass is 35.5. The van der Waals surface area contributed by atoms with E-state index in [0.29, 0.717) is 22.1 Å². The molecule has 0 atom stereocenters.